The number of halogens is 1. The zero-order valence-electron chi connectivity index (χ0n) is 15.1. The lowest BCUT2D eigenvalue weighted by molar-refractivity contribution is 0.318. The Bertz CT molecular complexity index is 1150. The topological polar surface area (TPSA) is 67.9 Å². The highest BCUT2D eigenvalue weighted by atomic mass is 35.5. The van der Waals surface area contributed by atoms with Crippen molar-refractivity contribution in [3.8, 4) is 23.0 Å². The van der Waals surface area contributed by atoms with Gasteiger partial charge in [0.15, 0.2) is 17.1 Å². The maximum atomic E-state index is 10.3. The molecule has 140 valence electrons. The summed E-state index contributed by atoms with van der Waals surface area (Å²) in [6.45, 7) is 2.35. The van der Waals surface area contributed by atoms with Gasteiger partial charge in [-0.3, -0.25) is 4.99 Å². The second-order valence-electron chi connectivity index (χ2n) is 6.06. The summed E-state index contributed by atoms with van der Waals surface area (Å²) in [6, 6.07) is 18.1. The van der Waals surface area contributed by atoms with Gasteiger partial charge in [0, 0.05) is 22.4 Å². The Hall–Kier alpha value is -3.31. The number of para-hydroxylation sites is 1. The summed E-state index contributed by atoms with van der Waals surface area (Å²) in [5.41, 5.74) is 3.50. The Kier molecular flexibility index (Phi) is 5.00. The van der Waals surface area contributed by atoms with E-state index in [1.54, 1.807) is 30.5 Å². The molecule has 4 aromatic rings. The number of rotatable bonds is 5. The van der Waals surface area contributed by atoms with Gasteiger partial charge < -0.3 is 14.3 Å². The van der Waals surface area contributed by atoms with Crippen molar-refractivity contribution in [3.63, 3.8) is 0 Å². The summed E-state index contributed by atoms with van der Waals surface area (Å²) in [7, 11) is 0. The molecule has 0 saturated carbocycles. The highest BCUT2D eigenvalue weighted by molar-refractivity contribution is 6.30. The molecule has 0 bridgehead atoms. The van der Waals surface area contributed by atoms with Gasteiger partial charge in [0.1, 0.15) is 5.52 Å². The van der Waals surface area contributed by atoms with Crippen LogP contribution in [-0.4, -0.2) is 22.9 Å². The first-order chi connectivity index (χ1) is 13.6. The largest absolute Gasteiger partial charge is 0.504 e. The van der Waals surface area contributed by atoms with Gasteiger partial charge in [-0.25, -0.2) is 4.98 Å². The molecule has 0 unspecified atom stereocenters. The van der Waals surface area contributed by atoms with E-state index in [4.69, 9.17) is 20.8 Å². The number of phenolic OH excluding ortho intramolecular Hbond substituents is 1. The fourth-order valence-electron chi connectivity index (χ4n) is 2.77. The third kappa shape index (κ3) is 3.70. The number of fused-ring (bicyclic) bond motifs is 1. The quantitative estimate of drug-likeness (QED) is 0.423. The van der Waals surface area contributed by atoms with E-state index in [-0.39, 0.29) is 5.75 Å². The Balaban J connectivity index is 1.62. The lowest BCUT2D eigenvalue weighted by atomic mass is 10.2. The molecule has 0 atom stereocenters. The normalized spacial score (nSPS) is 11.4. The second-order valence-corrected chi connectivity index (χ2v) is 6.50. The molecule has 0 spiro atoms. The molecule has 0 fully saturated rings. The molecule has 0 aliphatic heterocycles. The molecule has 28 heavy (non-hydrogen) atoms. The van der Waals surface area contributed by atoms with Crippen molar-refractivity contribution >= 4 is 34.6 Å². The van der Waals surface area contributed by atoms with Gasteiger partial charge >= 0.3 is 0 Å². The number of aliphatic imine (C=N–C) groups is 1. The monoisotopic (exact) mass is 392 g/mol. The average Bonchev–Trinajstić information content (AvgIpc) is 3.12. The zero-order chi connectivity index (χ0) is 19.5. The van der Waals surface area contributed by atoms with E-state index >= 15 is 0 Å². The first-order valence-corrected chi connectivity index (χ1v) is 9.17. The van der Waals surface area contributed by atoms with E-state index < -0.39 is 0 Å². The van der Waals surface area contributed by atoms with E-state index in [0.29, 0.717) is 45.6 Å². The molecule has 5 nitrogen and oxygen atoms in total. The van der Waals surface area contributed by atoms with Crippen molar-refractivity contribution in [2.24, 2.45) is 4.99 Å². The summed E-state index contributed by atoms with van der Waals surface area (Å²) in [4.78, 5) is 8.97. The number of oxazole rings is 1. The fraction of sp³-hybridized carbons (Fsp3) is 0.0909. The minimum Gasteiger partial charge on any atom is -0.504 e. The summed E-state index contributed by atoms with van der Waals surface area (Å²) < 4.78 is 11.2. The molecule has 0 saturated heterocycles. The SMILES string of the molecule is CCOc1cccc(C=Nc2ccc3oc(-c4ccc(Cl)cc4)nc3c2)c1O. The van der Waals surface area contributed by atoms with Gasteiger partial charge in [-0.2, -0.15) is 0 Å². The summed E-state index contributed by atoms with van der Waals surface area (Å²) in [6.07, 6.45) is 1.60. The predicted octanol–water partition coefficient (Wildman–Crippen LogP) is 6.00. The van der Waals surface area contributed by atoms with Gasteiger partial charge in [0.05, 0.1) is 12.3 Å². The third-order valence-corrected chi connectivity index (χ3v) is 4.40. The Labute approximate surface area is 166 Å². The van der Waals surface area contributed by atoms with Crippen LogP contribution in [0.25, 0.3) is 22.6 Å². The lowest BCUT2D eigenvalue weighted by Gasteiger charge is -2.07. The lowest BCUT2D eigenvalue weighted by Crippen LogP contribution is -1.93. The van der Waals surface area contributed by atoms with Gasteiger partial charge in [0.2, 0.25) is 5.89 Å². The highest BCUT2D eigenvalue weighted by Crippen LogP contribution is 2.30. The number of hydrogen-bond donors (Lipinski definition) is 1. The van der Waals surface area contributed by atoms with E-state index in [1.165, 1.54) is 0 Å². The Morgan fingerprint density at radius 3 is 2.75 bits per heavy atom. The van der Waals surface area contributed by atoms with Crippen molar-refractivity contribution in [1.29, 1.82) is 0 Å². The van der Waals surface area contributed by atoms with Crippen molar-refractivity contribution in [2.75, 3.05) is 6.61 Å². The van der Waals surface area contributed by atoms with Gasteiger partial charge in [-0.15, -0.1) is 0 Å². The van der Waals surface area contributed by atoms with Crippen LogP contribution >= 0.6 is 11.6 Å². The van der Waals surface area contributed by atoms with Gasteiger partial charge in [-0.05, 0) is 61.5 Å². The van der Waals surface area contributed by atoms with Gasteiger partial charge in [0.25, 0.3) is 0 Å². The Morgan fingerprint density at radius 1 is 1.14 bits per heavy atom. The molecule has 1 heterocycles. The minimum atomic E-state index is 0.0700. The molecule has 0 aliphatic carbocycles. The maximum Gasteiger partial charge on any atom is 0.227 e. The summed E-state index contributed by atoms with van der Waals surface area (Å²) >= 11 is 5.93. The molecule has 6 heteroatoms. The number of aromatic hydroxyl groups is 1. The summed E-state index contributed by atoms with van der Waals surface area (Å²) in [5.74, 6) is 1.03. The van der Waals surface area contributed by atoms with Crippen LogP contribution in [-0.2, 0) is 0 Å². The molecule has 0 aliphatic rings. The number of nitrogens with zero attached hydrogens (tertiary/aromatic N) is 2. The summed E-state index contributed by atoms with van der Waals surface area (Å²) in [5, 5.41) is 10.9. The number of aromatic nitrogens is 1. The minimum absolute atomic E-state index is 0.0700. The maximum absolute atomic E-state index is 10.3. The predicted molar refractivity (Wildman–Crippen MR) is 111 cm³/mol. The van der Waals surface area contributed by atoms with Crippen LogP contribution in [0, 0.1) is 0 Å². The molecular formula is C22H17ClN2O3. The molecule has 4 rings (SSSR count). The first kappa shape index (κ1) is 18.1. The third-order valence-electron chi connectivity index (χ3n) is 4.15. The number of ether oxygens (including phenoxy) is 1. The van der Waals surface area contributed by atoms with E-state index in [2.05, 4.69) is 9.98 Å². The standard InChI is InChI=1S/C22H17ClN2O3/c1-2-27-20-5-3-4-15(21(20)26)13-24-17-10-11-19-18(12-17)25-22(28-19)14-6-8-16(23)9-7-14/h3-13,26H,2H2,1H3. The van der Waals surface area contributed by atoms with Crippen molar-refractivity contribution in [1.82, 2.24) is 4.98 Å². The Morgan fingerprint density at radius 2 is 1.96 bits per heavy atom. The molecule has 0 amide bonds. The molecule has 3 aromatic carbocycles. The van der Waals surface area contributed by atoms with Crippen LogP contribution in [0.5, 0.6) is 11.5 Å². The van der Waals surface area contributed by atoms with E-state index in [0.717, 1.165) is 5.56 Å². The number of benzene rings is 3. The smallest absolute Gasteiger partial charge is 0.227 e. The van der Waals surface area contributed by atoms with Crippen LogP contribution in [0.15, 0.2) is 70.1 Å². The number of hydrogen-bond acceptors (Lipinski definition) is 5. The van der Waals surface area contributed by atoms with Crippen LogP contribution in [0.1, 0.15) is 12.5 Å². The van der Waals surface area contributed by atoms with Crippen molar-refractivity contribution < 1.29 is 14.3 Å². The fourth-order valence-corrected chi connectivity index (χ4v) is 2.90. The number of phenols is 1. The van der Waals surface area contributed by atoms with Crippen LogP contribution in [0.4, 0.5) is 5.69 Å². The molecule has 1 aromatic heterocycles. The van der Waals surface area contributed by atoms with E-state index in [9.17, 15) is 5.11 Å². The van der Waals surface area contributed by atoms with Crippen molar-refractivity contribution in [3.05, 3.63) is 71.2 Å². The van der Waals surface area contributed by atoms with Crippen LogP contribution in [0.3, 0.4) is 0 Å². The second kappa shape index (κ2) is 7.74. The van der Waals surface area contributed by atoms with Crippen molar-refractivity contribution in [2.45, 2.75) is 6.92 Å². The van der Waals surface area contributed by atoms with Crippen LogP contribution in [0.2, 0.25) is 5.02 Å². The zero-order valence-corrected chi connectivity index (χ0v) is 15.8. The first-order valence-electron chi connectivity index (χ1n) is 8.79. The molecule has 1 N–H and O–H groups in total. The molecular weight excluding hydrogens is 376 g/mol. The van der Waals surface area contributed by atoms with E-state index in [1.807, 2.05) is 43.3 Å². The highest BCUT2D eigenvalue weighted by Gasteiger charge is 2.09. The average molecular weight is 393 g/mol. The van der Waals surface area contributed by atoms with Gasteiger partial charge in [-0.1, -0.05) is 17.7 Å². The van der Waals surface area contributed by atoms with Crippen LogP contribution < -0.4 is 4.74 Å². The molecule has 0 radical (unpaired) electrons.